The van der Waals surface area contributed by atoms with Gasteiger partial charge in [0.1, 0.15) is 11.6 Å². The molecule has 35 heavy (non-hydrogen) atoms. The molecule has 1 saturated heterocycles. The number of aromatic nitrogens is 2. The molecule has 0 bridgehead atoms. The number of aryl methyl sites for hydroxylation is 1. The van der Waals surface area contributed by atoms with Crippen LogP contribution in [-0.4, -0.2) is 44.6 Å². The minimum Gasteiger partial charge on any atom is -0.356 e. The second-order valence-corrected chi connectivity index (χ2v) is 10.0. The monoisotopic (exact) mass is 505 g/mol. The van der Waals surface area contributed by atoms with Gasteiger partial charge in [-0.25, -0.2) is 9.97 Å². The van der Waals surface area contributed by atoms with Crippen LogP contribution in [0.2, 0.25) is 0 Å². The van der Waals surface area contributed by atoms with Crippen molar-refractivity contribution in [2.24, 2.45) is 0 Å². The summed E-state index contributed by atoms with van der Waals surface area (Å²) in [6.07, 6.45) is -2.84. The maximum absolute atomic E-state index is 13.7. The molecule has 0 saturated carbocycles. The Morgan fingerprint density at radius 1 is 0.971 bits per heavy atom. The van der Waals surface area contributed by atoms with Crippen LogP contribution in [0.15, 0.2) is 59.6 Å². The molecule has 2 N–H and O–H groups in total. The molecule has 1 fully saturated rings. The summed E-state index contributed by atoms with van der Waals surface area (Å²) in [5.41, 5.74) is -0.433. The summed E-state index contributed by atoms with van der Waals surface area (Å²) in [5.74, 6) is 0.307. The van der Waals surface area contributed by atoms with Crippen molar-refractivity contribution >= 4 is 21.7 Å². The molecule has 0 amide bonds. The summed E-state index contributed by atoms with van der Waals surface area (Å²) in [4.78, 5) is 10.4. The molecule has 0 spiro atoms. The lowest BCUT2D eigenvalue weighted by molar-refractivity contribution is -0.137. The van der Waals surface area contributed by atoms with Crippen LogP contribution >= 0.6 is 0 Å². The van der Waals surface area contributed by atoms with Gasteiger partial charge in [-0.3, -0.25) is 4.72 Å². The average Bonchev–Trinajstić information content (AvgIpc) is 2.83. The second-order valence-electron chi connectivity index (χ2n) is 8.39. The standard InChI is InChI=1S/C24H26F3N5O2S/c1-16-6-3-4-7-18(16)23-19(24(25,26)27)10-11-20(29-23)31-35(33,34)22-9-5-8-21(30-22)32-14-12-17(28-2)13-15-32/h3-11,17,28H,12-15H2,1-2H3,(H,29,31). The van der Waals surface area contributed by atoms with E-state index < -0.39 is 21.8 Å². The Labute approximate surface area is 202 Å². The van der Waals surface area contributed by atoms with Crippen molar-refractivity contribution in [2.75, 3.05) is 29.8 Å². The molecule has 186 valence electrons. The Bertz CT molecular complexity index is 1310. The maximum atomic E-state index is 13.7. The number of sulfonamides is 1. The minimum atomic E-state index is -4.65. The number of pyridine rings is 2. The number of benzene rings is 1. The highest BCUT2D eigenvalue weighted by molar-refractivity contribution is 7.92. The molecule has 0 aliphatic carbocycles. The van der Waals surface area contributed by atoms with Gasteiger partial charge in [-0.1, -0.05) is 30.3 Å². The quantitative estimate of drug-likeness (QED) is 0.515. The van der Waals surface area contributed by atoms with Crippen LogP contribution in [0.1, 0.15) is 24.0 Å². The first kappa shape index (κ1) is 24.9. The number of nitrogens with one attached hydrogen (secondary N) is 2. The number of alkyl halides is 3. The van der Waals surface area contributed by atoms with Crippen molar-refractivity contribution in [3.05, 3.63) is 65.7 Å². The van der Waals surface area contributed by atoms with E-state index in [4.69, 9.17) is 0 Å². The molecule has 0 radical (unpaired) electrons. The fourth-order valence-corrected chi connectivity index (χ4v) is 5.07. The van der Waals surface area contributed by atoms with Crippen LogP contribution < -0.4 is 14.9 Å². The van der Waals surface area contributed by atoms with Crippen molar-refractivity contribution in [1.82, 2.24) is 15.3 Å². The summed E-state index contributed by atoms with van der Waals surface area (Å²) >= 11 is 0. The van der Waals surface area contributed by atoms with E-state index in [0.717, 1.165) is 38.1 Å². The molecule has 1 aromatic carbocycles. The molecule has 0 atom stereocenters. The number of rotatable bonds is 6. The lowest BCUT2D eigenvalue weighted by Crippen LogP contribution is -2.41. The summed E-state index contributed by atoms with van der Waals surface area (Å²) in [6, 6.07) is 13.4. The van der Waals surface area contributed by atoms with Gasteiger partial charge >= 0.3 is 6.18 Å². The smallest absolute Gasteiger partial charge is 0.356 e. The molecule has 3 aromatic rings. The highest BCUT2D eigenvalue weighted by Gasteiger charge is 2.35. The van der Waals surface area contributed by atoms with Gasteiger partial charge in [0.15, 0.2) is 5.03 Å². The number of piperidine rings is 1. The van der Waals surface area contributed by atoms with Gasteiger partial charge < -0.3 is 10.2 Å². The molecule has 7 nitrogen and oxygen atoms in total. The minimum absolute atomic E-state index is 0.224. The summed E-state index contributed by atoms with van der Waals surface area (Å²) in [7, 11) is -2.28. The largest absolute Gasteiger partial charge is 0.418 e. The van der Waals surface area contributed by atoms with Gasteiger partial charge in [-0.2, -0.15) is 21.6 Å². The Kier molecular flexibility index (Phi) is 7.00. The van der Waals surface area contributed by atoms with E-state index in [1.165, 1.54) is 12.1 Å². The number of nitrogens with zero attached hydrogens (tertiary/aromatic N) is 3. The van der Waals surface area contributed by atoms with E-state index in [0.29, 0.717) is 17.4 Å². The van der Waals surface area contributed by atoms with Crippen molar-refractivity contribution in [3.63, 3.8) is 0 Å². The third kappa shape index (κ3) is 5.57. The van der Waals surface area contributed by atoms with Crippen LogP contribution in [0, 0.1) is 6.92 Å². The highest BCUT2D eigenvalue weighted by Crippen LogP contribution is 2.38. The molecule has 3 heterocycles. The van der Waals surface area contributed by atoms with E-state index in [2.05, 4.69) is 20.0 Å². The number of hydrogen-bond acceptors (Lipinski definition) is 6. The van der Waals surface area contributed by atoms with Crippen LogP contribution in [0.4, 0.5) is 24.8 Å². The molecule has 11 heteroatoms. The average molecular weight is 506 g/mol. The lowest BCUT2D eigenvalue weighted by atomic mass is 10.0. The van der Waals surface area contributed by atoms with Crippen LogP contribution in [0.5, 0.6) is 0 Å². The first-order valence-corrected chi connectivity index (χ1v) is 12.6. The van der Waals surface area contributed by atoms with Crippen molar-refractivity contribution in [2.45, 2.75) is 37.0 Å². The Morgan fingerprint density at radius 3 is 2.34 bits per heavy atom. The Hall–Kier alpha value is -3.18. The number of hydrogen-bond donors (Lipinski definition) is 2. The van der Waals surface area contributed by atoms with Crippen LogP contribution in [0.3, 0.4) is 0 Å². The zero-order valence-electron chi connectivity index (χ0n) is 19.3. The van der Waals surface area contributed by atoms with Crippen LogP contribution in [-0.2, 0) is 16.2 Å². The van der Waals surface area contributed by atoms with Gasteiger partial charge in [0.25, 0.3) is 10.0 Å². The van der Waals surface area contributed by atoms with E-state index in [9.17, 15) is 21.6 Å². The van der Waals surface area contributed by atoms with Crippen LogP contribution in [0.25, 0.3) is 11.3 Å². The van der Waals surface area contributed by atoms with E-state index in [1.54, 1.807) is 37.3 Å². The molecular formula is C24H26F3N5O2S. The summed E-state index contributed by atoms with van der Waals surface area (Å²) in [5, 5.41) is 3.01. The fourth-order valence-electron chi connectivity index (χ4n) is 4.11. The van der Waals surface area contributed by atoms with Crippen molar-refractivity contribution in [3.8, 4) is 11.3 Å². The number of halogens is 3. The summed E-state index contributed by atoms with van der Waals surface area (Å²) < 4.78 is 69.4. The van der Waals surface area contributed by atoms with Gasteiger partial charge in [0.2, 0.25) is 0 Å². The molecule has 1 aliphatic heterocycles. The maximum Gasteiger partial charge on any atom is 0.418 e. The molecule has 4 rings (SSSR count). The second kappa shape index (κ2) is 9.82. The first-order valence-electron chi connectivity index (χ1n) is 11.1. The van der Waals surface area contributed by atoms with E-state index >= 15 is 0 Å². The normalized spacial score (nSPS) is 15.3. The van der Waals surface area contributed by atoms with Gasteiger partial charge in [0, 0.05) is 24.7 Å². The van der Waals surface area contributed by atoms with E-state index in [-0.39, 0.29) is 22.1 Å². The van der Waals surface area contributed by atoms with Crippen molar-refractivity contribution in [1.29, 1.82) is 0 Å². The first-order chi connectivity index (χ1) is 16.6. The third-order valence-electron chi connectivity index (χ3n) is 6.05. The SMILES string of the molecule is CNC1CCN(c2cccc(S(=O)(=O)Nc3ccc(C(F)(F)F)c(-c4ccccc4C)n3)n2)CC1. The molecule has 2 aromatic heterocycles. The molecular weight excluding hydrogens is 479 g/mol. The fraction of sp³-hybridized carbons (Fsp3) is 0.333. The van der Waals surface area contributed by atoms with Gasteiger partial charge in [0.05, 0.1) is 11.3 Å². The lowest BCUT2D eigenvalue weighted by Gasteiger charge is -2.32. The Balaban J connectivity index is 1.64. The predicted molar refractivity (Wildman–Crippen MR) is 129 cm³/mol. The zero-order chi connectivity index (χ0) is 25.2. The third-order valence-corrected chi connectivity index (χ3v) is 7.31. The topological polar surface area (TPSA) is 87.2 Å². The zero-order valence-corrected chi connectivity index (χ0v) is 20.1. The van der Waals surface area contributed by atoms with Gasteiger partial charge in [-0.05, 0) is 56.6 Å². The predicted octanol–water partition coefficient (Wildman–Crippen LogP) is 4.46. The highest BCUT2D eigenvalue weighted by atomic mass is 32.2. The molecule has 1 aliphatic rings. The van der Waals surface area contributed by atoms with E-state index in [1.807, 2.05) is 11.9 Å². The summed E-state index contributed by atoms with van der Waals surface area (Å²) in [6.45, 7) is 3.13. The van der Waals surface area contributed by atoms with Gasteiger partial charge in [-0.15, -0.1) is 0 Å². The van der Waals surface area contributed by atoms with Crippen molar-refractivity contribution < 1.29 is 21.6 Å². The molecule has 0 unspecified atom stereocenters. The Morgan fingerprint density at radius 2 is 1.69 bits per heavy atom. The number of anilines is 2.